The first-order valence-electron chi connectivity index (χ1n) is 6.39. The number of halogens is 3. The van der Waals surface area contributed by atoms with E-state index in [9.17, 15) is 13.2 Å². The lowest BCUT2D eigenvalue weighted by atomic mass is 10.2. The molecular formula is C13H16F3N5. The van der Waals surface area contributed by atoms with Gasteiger partial charge in [-0.25, -0.2) is 4.98 Å². The lowest BCUT2D eigenvalue weighted by Gasteiger charge is -2.17. The fourth-order valence-electron chi connectivity index (χ4n) is 1.88. The fraction of sp³-hybridized carbons (Fsp3) is 0.385. The van der Waals surface area contributed by atoms with E-state index in [1.807, 2.05) is 6.92 Å². The van der Waals surface area contributed by atoms with Gasteiger partial charge in [-0.2, -0.15) is 18.3 Å². The highest BCUT2D eigenvalue weighted by Gasteiger charge is 2.31. The van der Waals surface area contributed by atoms with Crippen LogP contribution in [0, 0.1) is 0 Å². The highest BCUT2D eigenvalue weighted by atomic mass is 19.4. The van der Waals surface area contributed by atoms with Crippen LogP contribution >= 0.6 is 0 Å². The van der Waals surface area contributed by atoms with Crippen molar-refractivity contribution in [1.29, 1.82) is 0 Å². The Morgan fingerprint density at radius 3 is 2.57 bits per heavy atom. The smallest absolute Gasteiger partial charge is 0.373 e. The van der Waals surface area contributed by atoms with Crippen molar-refractivity contribution in [1.82, 2.24) is 14.8 Å². The zero-order valence-corrected chi connectivity index (χ0v) is 11.6. The number of alkyl halides is 3. The highest BCUT2D eigenvalue weighted by Crippen LogP contribution is 2.32. The number of rotatable bonds is 5. The highest BCUT2D eigenvalue weighted by molar-refractivity contribution is 5.49. The van der Waals surface area contributed by atoms with Crippen LogP contribution in [-0.2, 0) is 12.7 Å². The first-order chi connectivity index (χ1) is 9.88. The lowest BCUT2D eigenvalue weighted by Crippen LogP contribution is -2.23. The van der Waals surface area contributed by atoms with Crippen molar-refractivity contribution in [3.8, 4) is 0 Å². The van der Waals surface area contributed by atoms with Crippen molar-refractivity contribution in [3.05, 3.63) is 36.2 Å². The summed E-state index contributed by atoms with van der Waals surface area (Å²) < 4.78 is 40.2. The van der Waals surface area contributed by atoms with Gasteiger partial charge in [-0.3, -0.25) is 4.68 Å². The first kappa shape index (κ1) is 15.1. The number of anilines is 2. The van der Waals surface area contributed by atoms with Crippen LogP contribution in [0.2, 0.25) is 0 Å². The van der Waals surface area contributed by atoms with E-state index >= 15 is 0 Å². The normalized spacial score (nSPS) is 13.0. The third-order valence-electron chi connectivity index (χ3n) is 2.82. The van der Waals surface area contributed by atoms with E-state index in [0.29, 0.717) is 6.54 Å². The summed E-state index contributed by atoms with van der Waals surface area (Å²) in [5.41, 5.74) is -0.740. The van der Waals surface area contributed by atoms with E-state index < -0.39 is 11.7 Å². The molecular weight excluding hydrogens is 283 g/mol. The summed E-state index contributed by atoms with van der Waals surface area (Å²) in [7, 11) is 1.53. The van der Waals surface area contributed by atoms with Crippen molar-refractivity contribution < 1.29 is 13.2 Å². The van der Waals surface area contributed by atoms with Gasteiger partial charge in [-0.1, -0.05) is 0 Å². The molecule has 0 aromatic carbocycles. The first-order valence-corrected chi connectivity index (χ1v) is 6.39. The predicted molar refractivity (Wildman–Crippen MR) is 74.1 cm³/mol. The monoisotopic (exact) mass is 299 g/mol. The van der Waals surface area contributed by atoms with Gasteiger partial charge in [-0.15, -0.1) is 0 Å². The van der Waals surface area contributed by atoms with Gasteiger partial charge in [0, 0.05) is 25.5 Å². The van der Waals surface area contributed by atoms with Gasteiger partial charge in [0.15, 0.2) is 0 Å². The van der Waals surface area contributed by atoms with Crippen LogP contribution in [0.15, 0.2) is 30.6 Å². The zero-order chi connectivity index (χ0) is 15.5. The molecule has 2 rings (SSSR count). The van der Waals surface area contributed by atoms with Crippen molar-refractivity contribution >= 4 is 11.6 Å². The number of nitrogens with zero attached hydrogens (tertiary/aromatic N) is 3. The summed E-state index contributed by atoms with van der Waals surface area (Å²) in [5, 5.41) is 9.64. The minimum absolute atomic E-state index is 0.120. The quantitative estimate of drug-likeness (QED) is 0.891. The fourth-order valence-corrected chi connectivity index (χ4v) is 1.88. The molecule has 2 heterocycles. The van der Waals surface area contributed by atoms with Crippen molar-refractivity contribution in [3.63, 3.8) is 0 Å². The van der Waals surface area contributed by atoms with Crippen LogP contribution < -0.4 is 10.6 Å². The minimum Gasteiger partial charge on any atom is -0.373 e. The van der Waals surface area contributed by atoms with E-state index in [-0.39, 0.29) is 17.7 Å². The van der Waals surface area contributed by atoms with Gasteiger partial charge in [0.05, 0.1) is 12.1 Å². The summed E-state index contributed by atoms with van der Waals surface area (Å²) >= 11 is 0. The topological polar surface area (TPSA) is 54.8 Å². The molecule has 0 aliphatic rings. The Morgan fingerprint density at radius 1 is 1.29 bits per heavy atom. The molecule has 0 aliphatic carbocycles. The standard InChI is InChI=1S/C13H16F3N5/c1-9(8-21-5-3-4-18-21)19-12-7-10(13(14,15)16)6-11(17-2)20-12/h3-7,9H,8H2,1-2H3,(H2,17,19,20). The SMILES string of the molecule is CNc1cc(C(F)(F)F)cc(NC(C)Cn2cccn2)n1. The number of hydrogen-bond acceptors (Lipinski definition) is 4. The van der Waals surface area contributed by atoms with Crippen molar-refractivity contribution in [2.24, 2.45) is 0 Å². The molecule has 1 unspecified atom stereocenters. The molecule has 0 spiro atoms. The Hall–Kier alpha value is -2.25. The van der Waals surface area contributed by atoms with Crippen LogP contribution in [0.5, 0.6) is 0 Å². The van der Waals surface area contributed by atoms with Gasteiger partial charge in [0.25, 0.3) is 0 Å². The molecule has 0 amide bonds. The van der Waals surface area contributed by atoms with E-state index in [1.165, 1.54) is 7.05 Å². The minimum atomic E-state index is -4.41. The molecule has 114 valence electrons. The predicted octanol–water partition coefficient (Wildman–Crippen LogP) is 2.84. The molecule has 0 saturated heterocycles. The molecule has 0 aliphatic heterocycles. The molecule has 2 N–H and O–H groups in total. The third-order valence-corrected chi connectivity index (χ3v) is 2.82. The molecule has 0 radical (unpaired) electrons. The van der Waals surface area contributed by atoms with Crippen LogP contribution in [0.4, 0.5) is 24.8 Å². The zero-order valence-electron chi connectivity index (χ0n) is 11.6. The Bertz CT molecular complexity index is 580. The second-order valence-corrected chi connectivity index (χ2v) is 4.65. The Morgan fingerprint density at radius 2 is 2.00 bits per heavy atom. The molecule has 8 heteroatoms. The Kier molecular flexibility index (Phi) is 4.35. The van der Waals surface area contributed by atoms with Gasteiger partial charge in [0.1, 0.15) is 11.6 Å². The van der Waals surface area contributed by atoms with Gasteiger partial charge in [-0.05, 0) is 25.1 Å². The summed E-state index contributed by atoms with van der Waals surface area (Å²) in [6.07, 6.45) is -0.971. The second-order valence-electron chi connectivity index (χ2n) is 4.65. The summed E-state index contributed by atoms with van der Waals surface area (Å²) in [6.45, 7) is 2.38. The number of pyridine rings is 1. The maximum absolute atomic E-state index is 12.8. The molecule has 0 bridgehead atoms. The Balaban J connectivity index is 2.15. The average molecular weight is 299 g/mol. The maximum atomic E-state index is 12.8. The second kappa shape index (κ2) is 6.02. The van der Waals surface area contributed by atoms with E-state index in [1.54, 1.807) is 23.1 Å². The van der Waals surface area contributed by atoms with E-state index in [4.69, 9.17) is 0 Å². The van der Waals surface area contributed by atoms with Crippen LogP contribution in [0.1, 0.15) is 12.5 Å². The van der Waals surface area contributed by atoms with Crippen LogP contribution in [0.25, 0.3) is 0 Å². The largest absolute Gasteiger partial charge is 0.416 e. The molecule has 21 heavy (non-hydrogen) atoms. The summed E-state index contributed by atoms with van der Waals surface area (Å²) in [6, 6.07) is 3.64. The molecule has 2 aromatic heterocycles. The van der Waals surface area contributed by atoms with E-state index in [2.05, 4.69) is 20.7 Å². The van der Waals surface area contributed by atoms with Crippen molar-refractivity contribution in [2.45, 2.75) is 25.7 Å². The molecule has 1 atom stereocenters. The van der Waals surface area contributed by atoms with E-state index in [0.717, 1.165) is 12.1 Å². The lowest BCUT2D eigenvalue weighted by molar-refractivity contribution is -0.137. The van der Waals surface area contributed by atoms with Gasteiger partial charge < -0.3 is 10.6 Å². The average Bonchev–Trinajstić information content (AvgIpc) is 2.89. The third kappa shape index (κ3) is 4.11. The summed E-state index contributed by atoms with van der Waals surface area (Å²) in [4.78, 5) is 4.08. The van der Waals surface area contributed by atoms with Gasteiger partial charge >= 0.3 is 6.18 Å². The molecule has 5 nitrogen and oxygen atoms in total. The number of hydrogen-bond donors (Lipinski definition) is 2. The van der Waals surface area contributed by atoms with Crippen molar-refractivity contribution in [2.75, 3.05) is 17.7 Å². The number of aromatic nitrogens is 3. The number of nitrogens with one attached hydrogen (secondary N) is 2. The maximum Gasteiger partial charge on any atom is 0.416 e. The molecule has 2 aromatic rings. The molecule has 0 fully saturated rings. The van der Waals surface area contributed by atoms with Crippen LogP contribution in [0.3, 0.4) is 0 Å². The molecule has 0 saturated carbocycles. The van der Waals surface area contributed by atoms with Gasteiger partial charge in [0.2, 0.25) is 0 Å². The summed E-state index contributed by atoms with van der Waals surface area (Å²) in [5.74, 6) is 0.340. The van der Waals surface area contributed by atoms with Crippen LogP contribution in [-0.4, -0.2) is 27.9 Å². The Labute approximate surface area is 120 Å².